The number of amidine groups is 1. The van der Waals surface area contributed by atoms with Crippen LogP contribution in [0.25, 0.3) is 6.08 Å². The summed E-state index contributed by atoms with van der Waals surface area (Å²) in [6, 6.07) is 5.56. The molecule has 0 bridgehead atoms. The SMILES string of the molecule is CCOC(=O)C=Cc1ccc(C(N)=NO)cc1C1CC1. The third kappa shape index (κ3) is 3.38. The summed E-state index contributed by atoms with van der Waals surface area (Å²) in [7, 11) is 0. The fourth-order valence-corrected chi connectivity index (χ4v) is 2.04. The number of carbonyl (C=O) groups is 1. The van der Waals surface area contributed by atoms with E-state index in [1.807, 2.05) is 12.1 Å². The predicted molar refractivity (Wildman–Crippen MR) is 76.6 cm³/mol. The Morgan fingerprint density at radius 1 is 1.55 bits per heavy atom. The molecule has 5 heteroatoms. The summed E-state index contributed by atoms with van der Waals surface area (Å²) in [6.45, 7) is 2.13. The first-order chi connectivity index (χ1) is 9.65. The Hall–Kier alpha value is -2.30. The molecule has 2 rings (SSSR count). The van der Waals surface area contributed by atoms with Gasteiger partial charge in [-0.25, -0.2) is 4.79 Å². The summed E-state index contributed by atoms with van der Waals surface area (Å²) in [5.41, 5.74) is 8.37. The van der Waals surface area contributed by atoms with E-state index in [-0.39, 0.29) is 11.8 Å². The van der Waals surface area contributed by atoms with Gasteiger partial charge in [0.2, 0.25) is 0 Å². The number of rotatable bonds is 5. The molecule has 106 valence electrons. The second-order valence-corrected chi connectivity index (χ2v) is 4.69. The van der Waals surface area contributed by atoms with Crippen molar-refractivity contribution in [2.45, 2.75) is 25.7 Å². The summed E-state index contributed by atoms with van der Waals surface area (Å²) in [4.78, 5) is 11.4. The highest BCUT2D eigenvalue weighted by Gasteiger charge is 2.26. The zero-order valence-electron chi connectivity index (χ0n) is 11.4. The molecule has 0 radical (unpaired) electrons. The van der Waals surface area contributed by atoms with E-state index in [9.17, 15) is 4.79 Å². The van der Waals surface area contributed by atoms with E-state index in [1.54, 1.807) is 19.1 Å². The van der Waals surface area contributed by atoms with E-state index in [0.29, 0.717) is 18.1 Å². The van der Waals surface area contributed by atoms with Crippen LogP contribution in [0.5, 0.6) is 0 Å². The van der Waals surface area contributed by atoms with Crippen LogP contribution in [-0.4, -0.2) is 23.6 Å². The van der Waals surface area contributed by atoms with Crippen molar-refractivity contribution in [1.29, 1.82) is 0 Å². The van der Waals surface area contributed by atoms with Gasteiger partial charge in [-0.05, 0) is 49.0 Å². The first-order valence-electron chi connectivity index (χ1n) is 6.62. The first kappa shape index (κ1) is 14.1. The smallest absolute Gasteiger partial charge is 0.330 e. The highest BCUT2D eigenvalue weighted by molar-refractivity contribution is 5.97. The fraction of sp³-hybridized carbons (Fsp3) is 0.333. The summed E-state index contributed by atoms with van der Waals surface area (Å²) in [6.07, 6.45) is 5.43. The second kappa shape index (κ2) is 6.23. The number of oxime groups is 1. The van der Waals surface area contributed by atoms with Gasteiger partial charge in [-0.2, -0.15) is 0 Å². The van der Waals surface area contributed by atoms with Crippen LogP contribution in [0.1, 0.15) is 42.4 Å². The predicted octanol–water partition coefficient (Wildman–Crippen LogP) is 2.23. The summed E-state index contributed by atoms with van der Waals surface area (Å²) < 4.78 is 4.86. The molecule has 0 aliphatic heterocycles. The largest absolute Gasteiger partial charge is 0.463 e. The average Bonchev–Trinajstić information content (AvgIpc) is 3.29. The molecule has 0 amide bonds. The van der Waals surface area contributed by atoms with E-state index in [4.69, 9.17) is 15.7 Å². The lowest BCUT2D eigenvalue weighted by atomic mass is 9.99. The third-order valence-corrected chi connectivity index (χ3v) is 3.19. The molecule has 1 aromatic rings. The normalized spacial score (nSPS) is 15.6. The Labute approximate surface area is 117 Å². The molecule has 0 unspecified atom stereocenters. The zero-order valence-corrected chi connectivity index (χ0v) is 11.4. The molecule has 1 aliphatic carbocycles. The second-order valence-electron chi connectivity index (χ2n) is 4.69. The summed E-state index contributed by atoms with van der Waals surface area (Å²) >= 11 is 0. The average molecular weight is 274 g/mol. The van der Waals surface area contributed by atoms with E-state index in [2.05, 4.69) is 5.16 Å². The van der Waals surface area contributed by atoms with Crippen molar-refractivity contribution >= 4 is 17.9 Å². The minimum Gasteiger partial charge on any atom is -0.463 e. The lowest BCUT2D eigenvalue weighted by Gasteiger charge is -2.07. The number of nitrogens with zero attached hydrogens (tertiary/aromatic N) is 1. The van der Waals surface area contributed by atoms with Crippen LogP contribution in [0.4, 0.5) is 0 Å². The van der Waals surface area contributed by atoms with E-state index in [1.165, 1.54) is 6.08 Å². The Bertz CT molecular complexity index is 560. The molecule has 0 aromatic heterocycles. The molecule has 0 spiro atoms. The van der Waals surface area contributed by atoms with Gasteiger partial charge in [0.25, 0.3) is 0 Å². The van der Waals surface area contributed by atoms with Gasteiger partial charge < -0.3 is 15.7 Å². The van der Waals surface area contributed by atoms with Gasteiger partial charge in [0.05, 0.1) is 6.61 Å². The van der Waals surface area contributed by atoms with Crippen LogP contribution in [-0.2, 0) is 9.53 Å². The molecular weight excluding hydrogens is 256 g/mol. The van der Waals surface area contributed by atoms with Crippen LogP contribution in [0, 0.1) is 0 Å². The van der Waals surface area contributed by atoms with Crippen molar-refractivity contribution in [3.05, 3.63) is 41.0 Å². The highest BCUT2D eigenvalue weighted by atomic mass is 16.5. The molecule has 0 atom stereocenters. The maximum Gasteiger partial charge on any atom is 0.330 e. The Morgan fingerprint density at radius 3 is 2.90 bits per heavy atom. The summed E-state index contributed by atoms with van der Waals surface area (Å²) in [5.74, 6) is 0.228. The number of esters is 1. The number of hydrogen-bond acceptors (Lipinski definition) is 4. The van der Waals surface area contributed by atoms with Crippen LogP contribution < -0.4 is 5.73 Å². The number of benzene rings is 1. The third-order valence-electron chi connectivity index (χ3n) is 3.19. The molecule has 0 heterocycles. The number of ether oxygens (including phenoxy) is 1. The van der Waals surface area contributed by atoms with Gasteiger partial charge in [0, 0.05) is 11.6 Å². The minimum absolute atomic E-state index is 0.0906. The Kier molecular flexibility index (Phi) is 4.40. The van der Waals surface area contributed by atoms with Crippen molar-refractivity contribution in [2.24, 2.45) is 10.9 Å². The maximum atomic E-state index is 11.4. The maximum absolute atomic E-state index is 11.4. The van der Waals surface area contributed by atoms with Gasteiger partial charge in [-0.3, -0.25) is 0 Å². The molecular formula is C15H18N2O3. The number of hydrogen-bond donors (Lipinski definition) is 2. The molecule has 1 aromatic carbocycles. The van der Waals surface area contributed by atoms with Crippen LogP contribution in [0.2, 0.25) is 0 Å². The summed E-state index contributed by atoms with van der Waals surface area (Å²) in [5, 5.41) is 11.7. The van der Waals surface area contributed by atoms with Gasteiger partial charge in [-0.15, -0.1) is 0 Å². The van der Waals surface area contributed by atoms with Gasteiger partial charge in [-0.1, -0.05) is 17.3 Å². The quantitative estimate of drug-likeness (QED) is 0.215. The van der Waals surface area contributed by atoms with Crippen molar-refractivity contribution in [2.75, 3.05) is 6.61 Å². The molecule has 1 saturated carbocycles. The number of carbonyl (C=O) groups excluding carboxylic acids is 1. The molecule has 3 N–H and O–H groups in total. The van der Waals surface area contributed by atoms with E-state index in [0.717, 1.165) is 24.0 Å². The lowest BCUT2D eigenvalue weighted by molar-refractivity contribution is -0.137. The van der Waals surface area contributed by atoms with Crippen LogP contribution >= 0.6 is 0 Å². The zero-order chi connectivity index (χ0) is 14.5. The topological polar surface area (TPSA) is 84.9 Å². The molecule has 1 fully saturated rings. The van der Waals surface area contributed by atoms with Crippen molar-refractivity contribution < 1.29 is 14.7 Å². The van der Waals surface area contributed by atoms with Crippen molar-refractivity contribution in [1.82, 2.24) is 0 Å². The fourth-order valence-electron chi connectivity index (χ4n) is 2.04. The van der Waals surface area contributed by atoms with E-state index < -0.39 is 0 Å². The van der Waals surface area contributed by atoms with Gasteiger partial charge >= 0.3 is 5.97 Å². The monoisotopic (exact) mass is 274 g/mol. The lowest BCUT2D eigenvalue weighted by Crippen LogP contribution is -2.13. The number of nitrogens with two attached hydrogens (primary N) is 1. The first-order valence-corrected chi connectivity index (χ1v) is 6.62. The molecule has 1 aliphatic rings. The van der Waals surface area contributed by atoms with Crippen LogP contribution in [0.3, 0.4) is 0 Å². The minimum atomic E-state index is -0.352. The highest BCUT2D eigenvalue weighted by Crippen LogP contribution is 2.42. The van der Waals surface area contributed by atoms with Gasteiger partial charge in [0.1, 0.15) is 0 Å². The standard InChI is InChI=1S/C15H18N2O3/c1-2-20-14(18)8-7-11-5-6-12(15(16)17-19)9-13(11)10-3-4-10/h5-10,19H,2-4H2,1H3,(H2,16,17). The van der Waals surface area contributed by atoms with Crippen molar-refractivity contribution in [3.8, 4) is 0 Å². The molecule has 5 nitrogen and oxygen atoms in total. The van der Waals surface area contributed by atoms with E-state index >= 15 is 0 Å². The molecule has 0 saturated heterocycles. The molecule has 20 heavy (non-hydrogen) atoms. The van der Waals surface area contributed by atoms with Crippen molar-refractivity contribution in [3.63, 3.8) is 0 Å². The van der Waals surface area contributed by atoms with Crippen LogP contribution in [0.15, 0.2) is 29.4 Å². The Balaban J connectivity index is 2.26. The van der Waals surface area contributed by atoms with Gasteiger partial charge in [0.15, 0.2) is 5.84 Å². The Morgan fingerprint density at radius 2 is 2.30 bits per heavy atom.